The third kappa shape index (κ3) is 1.10. The minimum Gasteiger partial charge on any atom is -0.467 e. The SMILES string of the molecule is COCc1ccco1. The van der Waals surface area contributed by atoms with Gasteiger partial charge < -0.3 is 9.15 Å². The molecule has 2 heteroatoms. The van der Waals surface area contributed by atoms with Crippen molar-refractivity contribution in [2.24, 2.45) is 0 Å². The van der Waals surface area contributed by atoms with Crippen LogP contribution in [0.3, 0.4) is 0 Å². The highest BCUT2D eigenvalue weighted by Crippen LogP contribution is 1.99. The van der Waals surface area contributed by atoms with E-state index in [1.165, 1.54) is 0 Å². The normalized spacial score (nSPS) is 9.62. The Hall–Kier alpha value is -0.760. The van der Waals surface area contributed by atoms with E-state index in [1.807, 2.05) is 12.1 Å². The third-order valence-corrected chi connectivity index (χ3v) is 0.867. The van der Waals surface area contributed by atoms with Gasteiger partial charge in [0.1, 0.15) is 12.4 Å². The molecule has 0 unspecified atom stereocenters. The predicted octanol–water partition coefficient (Wildman–Crippen LogP) is 1.43. The van der Waals surface area contributed by atoms with Crippen LogP contribution in [-0.2, 0) is 11.3 Å². The van der Waals surface area contributed by atoms with Crippen molar-refractivity contribution in [2.45, 2.75) is 6.61 Å². The van der Waals surface area contributed by atoms with Gasteiger partial charge in [-0.3, -0.25) is 0 Å². The molecule has 1 aromatic rings. The highest BCUT2D eigenvalue weighted by Gasteiger charge is 1.89. The zero-order valence-corrected chi connectivity index (χ0v) is 4.76. The topological polar surface area (TPSA) is 22.4 Å². The number of ether oxygens (including phenoxy) is 1. The Morgan fingerprint density at radius 3 is 3.12 bits per heavy atom. The Bertz CT molecular complexity index is 132. The van der Waals surface area contributed by atoms with Crippen LogP contribution in [0.1, 0.15) is 5.76 Å². The first kappa shape index (κ1) is 5.38. The zero-order chi connectivity index (χ0) is 5.82. The van der Waals surface area contributed by atoms with Crippen LogP contribution < -0.4 is 0 Å². The molecule has 0 atom stereocenters. The third-order valence-electron chi connectivity index (χ3n) is 0.867. The van der Waals surface area contributed by atoms with E-state index in [0.29, 0.717) is 6.61 Å². The molecule has 0 N–H and O–H groups in total. The maximum atomic E-state index is 4.95. The van der Waals surface area contributed by atoms with E-state index in [9.17, 15) is 0 Å². The zero-order valence-electron chi connectivity index (χ0n) is 4.76. The lowest BCUT2D eigenvalue weighted by atomic mass is 10.5. The van der Waals surface area contributed by atoms with Crippen molar-refractivity contribution in [1.82, 2.24) is 0 Å². The first-order chi connectivity index (χ1) is 3.93. The van der Waals surface area contributed by atoms with Crippen LogP contribution in [0, 0.1) is 0 Å². The molecule has 0 aliphatic carbocycles. The summed E-state index contributed by atoms with van der Waals surface area (Å²) < 4.78 is 9.74. The molecule has 8 heavy (non-hydrogen) atoms. The molecule has 0 fully saturated rings. The molecular weight excluding hydrogens is 104 g/mol. The van der Waals surface area contributed by atoms with Crippen molar-refractivity contribution in [2.75, 3.05) is 7.11 Å². The van der Waals surface area contributed by atoms with E-state index in [2.05, 4.69) is 0 Å². The molecule has 0 aliphatic rings. The first-order valence-electron chi connectivity index (χ1n) is 2.45. The lowest BCUT2D eigenvalue weighted by Crippen LogP contribution is -1.80. The molecular formula is C6H8O2. The maximum absolute atomic E-state index is 4.95. The average molecular weight is 112 g/mol. The second kappa shape index (κ2) is 2.52. The van der Waals surface area contributed by atoms with E-state index < -0.39 is 0 Å². The van der Waals surface area contributed by atoms with Gasteiger partial charge in [-0.15, -0.1) is 0 Å². The predicted molar refractivity (Wildman–Crippen MR) is 29.4 cm³/mol. The molecule has 2 nitrogen and oxygen atoms in total. The molecule has 0 amide bonds. The molecule has 0 aliphatic heterocycles. The number of methoxy groups -OCH3 is 1. The van der Waals surface area contributed by atoms with E-state index in [0.717, 1.165) is 5.76 Å². The van der Waals surface area contributed by atoms with Gasteiger partial charge in [-0.25, -0.2) is 0 Å². The second-order valence-electron chi connectivity index (χ2n) is 1.51. The van der Waals surface area contributed by atoms with Gasteiger partial charge in [0, 0.05) is 7.11 Å². The highest BCUT2D eigenvalue weighted by molar-refractivity contribution is 4.95. The Kier molecular flexibility index (Phi) is 1.70. The van der Waals surface area contributed by atoms with Gasteiger partial charge in [0.15, 0.2) is 0 Å². The summed E-state index contributed by atoms with van der Waals surface area (Å²) in [6.07, 6.45) is 1.63. The van der Waals surface area contributed by atoms with Crippen LogP contribution in [0.15, 0.2) is 22.8 Å². The van der Waals surface area contributed by atoms with Crippen LogP contribution in [0.2, 0.25) is 0 Å². The Morgan fingerprint density at radius 1 is 1.75 bits per heavy atom. The molecule has 1 rings (SSSR count). The molecule has 0 spiro atoms. The number of rotatable bonds is 2. The van der Waals surface area contributed by atoms with Crippen LogP contribution in [0.25, 0.3) is 0 Å². The van der Waals surface area contributed by atoms with Crippen molar-refractivity contribution < 1.29 is 9.15 Å². The lowest BCUT2D eigenvalue weighted by Gasteiger charge is -1.88. The van der Waals surface area contributed by atoms with Gasteiger partial charge in [-0.2, -0.15) is 0 Å². The fourth-order valence-electron chi connectivity index (χ4n) is 0.537. The van der Waals surface area contributed by atoms with Crippen LogP contribution >= 0.6 is 0 Å². The maximum Gasteiger partial charge on any atom is 0.129 e. The summed E-state index contributed by atoms with van der Waals surface area (Å²) >= 11 is 0. The molecule has 0 saturated carbocycles. The lowest BCUT2D eigenvalue weighted by molar-refractivity contribution is 0.164. The fraction of sp³-hybridized carbons (Fsp3) is 0.333. The van der Waals surface area contributed by atoms with Crippen molar-refractivity contribution in [3.05, 3.63) is 24.2 Å². The Labute approximate surface area is 48.1 Å². The van der Waals surface area contributed by atoms with Gasteiger partial charge >= 0.3 is 0 Å². The van der Waals surface area contributed by atoms with Crippen molar-refractivity contribution in [1.29, 1.82) is 0 Å². The van der Waals surface area contributed by atoms with Crippen molar-refractivity contribution >= 4 is 0 Å². The summed E-state index contributed by atoms with van der Waals surface area (Å²) in [7, 11) is 1.64. The van der Waals surface area contributed by atoms with E-state index in [1.54, 1.807) is 13.4 Å². The summed E-state index contributed by atoms with van der Waals surface area (Å²) in [5.74, 6) is 0.868. The minimum absolute atomic E-state index is 0.562. The fourth-order valence-corrected chi connectivity index (χ4v) is 0.537. The Morgan fingerprint density at radius 2 is 2.62 bits per heavy atom. The highest BCUT2D eigenvalue weighted by atomic mass is 16.5. The van der Waals surface area contributed by atoms with E-state index >= 15 is 0 Å². The Balaban J connectivity index is 2.50. The summed E-state index contributed by atoms with van der Waals surface area (Å²) in [6, 6.07) is 3.72. The first-order valence-corrected chi connectivity index (χ1v) is 2.45. The van der Waals surface area contributed by atoms with Gasteiger partial charge in [0.2, 0.25) is 0 Å². The standard InChI is InChI=1S/C6H8O2/c1-7-5-6-3-2-4-8-6/h2-4H,5H2,1H3. The summed E-state index contributed by atoms with van der Waals surface area (Å²) in [6.45, 7) is 0.562. The molecule has 1 aromatic heterocycles. The van der Waals surface area contributed by atoms with E-state index in [4.69, 9.17) is 9.15 Å². The number of hydrogen-bond donors (Lipinski definition) is 0. The number of hydrogen-bond acceptors (Lipinski definition) is 2. The van der Waals surface area contributed by atoms with Gasteiger partial charge in [0.05, 0.1) is 6.26 Å². The smallest absolute Gasteiger partial charge is 0.129 e. The summed E-state index contributed by atoms with van der Waals surface area (Å²) in [4.78, 5) is 0. The second-order valence-corrected chi connectivity index (χ2v) is 1.51. The van der Waals surface area contributed by atoms with Gasteiger partial charge in [-0.05, 0) is 12.1 Å². The minimum atomic E-state index is 0.562. The summed E-state index contributed by atoms with van der Waals surface area (Å²) in [5, 5.41) is 0. The van der Waals surface area contributed by atoms with Crippen molar-refractivity contribution in [3.63, 3.8) is 0 Å². The molecule has 1 heterocycles. The van der Waals surface area contributed by atoms with E-state index in [-0.39, 0.29) is 0 Å². The van der Waals surface area contributed by atoms with Crippen molar-refractivity contribution in [3.8, 4) is 0 Å². The number of furan rings is 1. The molecule has 44 valence electrons. The largest absolute Gasteiger partial charge is 0.467 e. The van der Waals surface area contributed by atoms with Crippen LogP contribution in [-0.4, -0.2) is 7.11 Å². The van der Waals surface area contributed by atoms with Gasteiger partial charge in [0.25, 0.3) is 0 Å². The monoisotopic (exact) mass is 112 g/mol. The van der Waals surface area contributed by atoms with Crippen LogP contribution in [0.4, 0.5) is 0 Å². The molecule has 0 saturated heterocycles. The molecule has 0 bridgehead atoms. The van der Waals surface area contributed by atoms with Crippen LogP contribution in [0.5, 0.6) is 0 Å². The quantitative estimate of drug-likeness (QED) is 0.577. The molecule has 0 aromatic carbocycles. The molecule has 0 radical (unpaired) electrons. The average Bonchev–Trinajstić information content (AvgIpc) is 2.19. The van der Waals surface area contributed by atoms with Gasteiger partial charge in [-0.1, -0.05) is 0 Å². The summed E-state index contributed by atoms with van der Waals surface area (Å²) in [5.41, 5.74) is 0.